The molecule has 0 spiro atoms. The summed E-state index contributed by atoms with van der Waals surface area (Å²) in [7, 11) is 1.66. The summed E-state index contributed by atoms with van der Waals surface area (Å²) < 4.78 is 5.21. The van der Waals surface area contributed by atoms with Crippen LogP contribution < -0.4 is 4.74 Å². The molecule has 0 aliphatic carbocycles. The van der Waals surface area contributed by atoms with E-state index in [1.54, 1.807) is 7.11 Å². The van der Waals surface area contributed by atoms with Crippen molar-refractivity contribution in [1.82, 2.24) is 19.9 Å². The van der Waals surface area contributed by atoms with E-state index in [0.717, 1.165) is 58.0 Å². The van der Waals surface area contributed by atoms with Crippen LogP contribution in [-0.4, -0.2) is 27.0 Å². The Labute approximate surface area is 211 Å². The molecule has 0 aliphatic rings. The van der Waals surface area contributed by atoms with Crippen LogP contribution in [0.25, 0.3) is 10.9 Å². The quantitative estimate of drug-likeness (QED) is 0.288. The van der Waals surface area contributed by atoms with Crippen LogP contribution in [0.3, 0.4) is 0 Å². The second kappa shape index (κ2) is 11.3. The summed E-state index contributed by atoms with van der Waals surface area (Å²) in [4.78, 5) is 16.3. The molecule has 0 amide bonds. The minimum Gasteiger partial charge on any atom is -0.497 e. The van der Waals surface area contributed by atoms with Crippen molar-refractivity contribution in [2.75, 3.05) is 7.11 Å². The first-order chi connectivity index (χ1) is 17.7. The van der Waals surface area contributed by atoms with E-state index in [0.29, 0.717) is 6.54 Å². The van der Waals surface area contributed by atoms with Gasteiger partial charge in [0.1, 0.15) is 5.75 Å². The molecule has 0 atom stereocenters. The van der Waals surface area contributed by atoms with Gasteiger partial charge in [-0.1, -0.05) is 30.0 Å². The van der Waals surface area contributed by atoms with Crippen molar-refractivity contribution in [1.29, 1.82) is 0 Å². The normalized spacial score (nSPS) is 10.7. The van der Waals surface area contributed by atoms with Gasteiger partial charge in [0.15, 0.2) is 0 Å². The molecule has 5 aromatic rings. The summed E-state index contributed by atoms with van der Waals surface area (Å²) in [5, 5.41) is 1.07. The molecule has 0 saturated carbocycles. The van der Waals surface area contributed by atoms with E-state index >= 15 is 0 Å². The minimum atomic E-state index is 0.697. The van der Waals surface area contributed by atoms with E-state index in [9.17, 15) is 0 Å². The van der Waals surface area contributed by atoms with Crippen LogP contribution in [0.4, 0.5) is 0 Å². The number of hydrogen-bond donors (Lipinski definition) is 0. The van der Waals surface area contributed by atoms with Crippen LogP contribution in [0, 0.1) is 11.8 Å². The Hall–Kier alpha value is -4.53. The van der Waals surface area contributed by atoms with Crippen molar-refractivity contribution in [3.05, 3.63) is 132 Å². The Morgan fingerprint density at radius 2 is 1.31 bits per heavy atom. The van der Waals surface area contributed by atoms with Gasteiger partial charge in [-0.25, -0.2) is 0 Å². The third-order valence-corrected chi connectivity index (χ3v) is 5.80. The Bertz CT molecular complexity index is 1450. The number of hydrogen-bond acceptors (Lipinski definition) is 5. The summed E-state index contributed by atoms with van der Waals surface area (Å²) in [5.41, 5.74) is 5.92. The molecule has 0 unspecified atom stereocenters. The maximum atomic E-state index is 5.21. The van der Waals surface area contributed by atoms with E-state index in [4.69, 9.17) is 9.72 Å². The standard InChI is InChI=1S/C31H26N4O/c1-36-30-15-10-24(11-16-30)8-9-25-12-17-31-26(20-25)13-14-29(34-31)23-35(21-27-6-2-4-18-32-27)22-28-7-3-5-19-33-28/h2-7,10-20H,21-23H2,1H3. The van der Waals surface area contributed by atoms with Crippen LogP contribution >= 0.6 is 0 Å². The molecule has 0 N–H and O–H groups in total. The van der Waals surface area contributed by atoms with Gasteiger partial charge in [0, 0.05) is 48.5 Å². The summed E-state index contributed by atoms with van der Waals surface area (Å²) in [5.74, 6) is 7.29. The van der Waals surface area contributed by atoms with Crippen LogP contribution in [0.1, 0.15) is 28.2 Å². The molecule has 3 heterocycles. The molecule has 2 aromatic carbocycles. The molecule has 0 bridgehead atoms. The van der Waals surface area contributed by atoms with Gasteiger partial charge in [0.05, 0.1) is 29.7 Å². The zero-order chi connectivity index (χ0) is 24.6. The van der Waals surface area contributed by atoms with Crippen LogP contribution in [-0.2, 0) is 19.6 Å². The molecule has 3 aromatic heterocycles. The predicted octanol–water partition coefficient (Wildman–Crippen LogP) is 5.64. The van der Waals surface area contributed by atoms with E-state index in [2.05, 4.69) is 44.9 Å². The fraction of sp³-hybridized carbons (Fsp3) is 0.129. The zero-order valence-electron chi connectivity index (χ0n) is 20.1. The zero-order valence-corrected chi connectivity index (χ0v) is 20.1. The summed E-state index contributed by atoms with van der Waals surface area (Å²) >= 11 is 0. The summed E-state index contributed by atoms with van der Waals surface area (Å²) in [6.07, 6.45) is 3.66. The molecule has 5 heteroatoms. The number of fused-ring (bicyclic) bond motifs is 1. The molecule has 0 radical (unpaired) electrons. The molecule has 36 heavy (non-hydrogen) atoms. The highest BCUT2D eigenvalue weighted by Gasteiger charge is 2.11. The second-order valence-corrected chi connectivity index (χ2v) is 8.48. The Kier molecular flexibility index (Phi) is 7.27. The van der Waals surface area contributed by atoms with Crippen molar-refractivity contribution in [2.24, 2.45) is 0 Å². The first-order valence-corrected chi connectivity index (χ1v) is 11.8. The number of benzene rings is 2. The van der Waals surface area contributed by atoms with Gasteiger partial charge in [0.25, 0.3) is 0 Å². The fourth-order valence-corrected chi connectivity index (χ4v) is 3.99. The highest BCUT2D eigenvalue weighted by atomic mass is 16.5. The lowest BCUT2D eigenvalue weighted by molar-refractivity contribution is 0.239. The largest absolute Gasteiger partial charge is 0.497 e. The predicted molar refractivity (Wildman–Crippen MR) is 142 cm³/mol. The average molecular weight is 471 g/mol. The van der Waals surface area contributed by atoms with Crippen molar-refractivity contribution in [3.63, 3.8) is 0 Å². The third kappa shape index (κ3) is 6.12. The summed E-state index contributed by atoms with van der Waals surface area (Å²) in [6, 6.07) is 30.1. The molecule has 5 nitrogen and oxygen atoms in total. The lowest BCUT2D eigenvalue weighted by atomic mass is 10.1. The van der Waals surface area contributed by atoms with Gasteiger partial charge in [-0.2, -0.15) is 0 Å². The van der Waals surface area contributed by atoms with Crippen LogP contribution in [0.5, 0.6) is 5.75 Å². The van der Waals surface area contributed by atoms with Crippen molar-refractivity contribution < 1.29 is 4.74 Å². The first kappa shape index (κ1) is 23.2. The number of ether oxygens (including phenoxy) is 1. The number of aromatic nitrogens is 3. The summed E-state index contributed by atoms with van der Waals surface area (Å²) in [6.45, 7) is 2.14. The monoisotopic (exact) mass is 470 g/mol. The van der Waals surface area contributed by atoms with Gasteiger partial charge in [-0.15, -0.1) is 0 Å². The van der Waals surface area contributed by atoms with E-state index < -0.39 is 0 Å². The number of nitrogens with zero attached hydrogens (tertiary/aromatic N) is 4. The Morgan fingerprint density at radius 1 is 0.667 bits per heavy atom. The van der Waals surface area contributed by atoms with Crippen LogP contribution in [0.15, 0.2) is 103 Å². The van der Waals surface area contributed by atoms with E-state index in [1.807, 2.05) is 85.2 Å². The van der Waals surface area contributed by atoms with Crippen molar-refractivity contribution in [2.45, 2.75) is 19.6 Å². The number of pyridine rings is 3. The SMILES string of the molecule is COc1ccc(C#Cc2ccc3nc(CN(Cc4ccccn4)Cc4ccccn4)ccc3c2)cc1. The van der Waals surface area contributed by atoms with E-state index in [-0.39, 0.29) is 0 Å². The maximum absolute atomic E-state index is 5.21. The van der Waals surface area contributed by atoms with Crippen molar-refractivity contribution >= 4 is 10.9 Å². The number of rotatable bonds is 7. The van der Waals surface area contributed by atoms with Gasteiger partial charge in [-0.3, -0.25) is 19.9 Å². The Balaban J connectivity index is 1.34. The first-order valence-electron chi connectivity index (χ1n) is 11.8. The van der Waals surface area contributed by atoms with Gasteiger partial charge in [-0.05, 0) is 72.8 Å². The lowest BCUT2D eigenvalue weighted by Crippen LogP contribution is -2.24. The number of methoxy groups -OCH3 is 1. The topological polar surface area (TPSA) is 51.1 Å². The Morgan fingerprint density at radius 3 is 1.94 bits per heavy atom. The molecular weight excluding hydrogens is 444 g/mol. The van der Waals surface area contributed by atoms with Gasteiger partial charge in [0.2, 0.25) is 0 Å². The molecule has 0 saturated heterocycles. The minimum absolute atomic E-state index is 0.697. The van der Waals surface area contributed by atoms with Gasteiger partial charge >= 0.3 is 0 Å². The second-order valence-electron chi connectivity index (χ2n) is 8.48. The van der Waals surface area contributed by atoms with Gasteiger partial charge < -0.3 is 4.74 Å². The molecule has 0 aliphatic heterocycles. The van der Waals surface area contributed by atoms with Crippen molar-refractivity contribution in [3.8, 4) is 17.6 Å². The molecule has 176 valence electrons. The van der Waals surface area contributed by atoms with Crippen LogP contribution in [0.2, 0.25) is 0 Å². The third-order valence-electron chi connectivity index (χ3n) is 5.80. The molecule has 5 rings (SSSR count). The highest BCUT2D eigenvalue weighted by Crippen LogP contribution is 2.18. The molecular formula is C31H26N4O. The fourth-order valence-electron chi connectivity index (χ4n) is 3.99. The average Bonchev–Trinajstić information content (AvgIpc) is 2.93. The molecule has 0 fully saturated rings. The lowest BCUT2D eigenvalue weighted by Gasteiger charge is -2.21. The highest BCUT2D eigenvalue weighted by molar-refractivity contribution is 5.80. The maximum Gasteiger partial charge on any atom is 0.118 e. The van der Waals surface area contributed by atoms with E-state index in [1.165, 1.54) is 0 Å². The smallest absolute Gasteiger partial charge is 0.118 e.